The highest BCUT2D eigenvalue weighted by Gasteiger charge is 2.37. The molecule has 2 heterocycles. The zero-order chi connectivity index (χ0) is 17.0. The number of aromatic nitrogens is 1. The summed E-state index contributed by atoms with van der Waals surface area (Å²) in [6, 6.07) is 5.43. The maximum absolute atomic E-state index is 11.6. The second-order valence-electron chi connectivity index (χ2n) is 7.17. The molecular formula is C18H28N2O3. The van der Waals surface area contributed by atoms with Gasteiger partial charge in [-0.15, -0.1) is 0 Å². The van der Waals surface area contributed by atoms with E-state index in [1.165, 1.54) is 7.11 Å². The van der Waals surface area contributed by atoms with Gasteiger partial charge in [-0.1, -0.05) is 19.9 Å². The number of ether oxygens (including phenoxy) is 1. The predicted octanol–water partition coefficient (Wildman–Crippen LogP) is 2.49. The van der Waals surface area contributed by atoms with Crippen LogP contribution in [0.1, 0.15) is 49.8 Å². The molecule has 2 rings (SSSR count). The fourth-order valence-electron chi connectivity index (χ4n) is 3.24. The van der Waals surface area contributed by atoms with Crippen LogP contribution in [0.15, 0.2) is 18.2 Å². The summed E-state index contributed by atoms with van der Waals surface area (Å²) in [5.41, 5.74) is 0.604. The van der Waals surface area contributed by atoms with Crippen LogP contribution >= 0.6 is 0 Å². The number of pyridine rings is 1. The third kappa shape index (κ3) is 4.75. The molecule has 0 spiro atoms. The number of hydrogen-bond donors (Lipinski definition) is 1. The lowest BCUT2D eigenvalue weighted by atomic mass is 9.78. The molecule has 1 fully saturated rings. The Labute approximate surface area is 138 Å². The van der Waals surface area contributed by atoms with E-state index in [0.717, 1.165) is 31.6 Å². The maximum Gasteiger partial charge on any atom is 0.356 e. The molecule has 0 amide bonds. The minimum Gasteiger partial charge on any atom is -0.464 e. The van der Waals surface area contributed by atoms with E-state index in [4.69, 9.17) is 4.74 Å². The van der Waals surface area contributed by atoms with Crippen molar-refractivity contribution in [2.45, 2.75) is 45.8 Å². The van der Waals surface area contributed by atoms with Crippen LogP contribution in [0.4, 0.5) is 0 Å². The number of carbonyl (C=O) groups is 1. The molecule has 0 bridgehead atoms. The summed E-state index contributed by atoms with van der Waals surface area (Å²) in [7, 11) is 1.36. The van der Waals surface area contributed by atoms with E-state index >= 15 is 0 Å². The summed E-state index contributed by atoms with van der Waals surface area (Å²) in [6.07, 6.45) is 1.78. The first-order valence-corrected chi connectivity index (χ1v) is 8.31. The molecule has 2 atom stereocenters. The smallest absolute Gasteiger partial charge is 0.356 e. The number of rotatable bonds is 5. The second-order valence-corrected chi connectivity index (χ2v) is 7.17. The minimum atomic E-state index is -0.595. The van der Waals surface area contributed by atoms with Crippen LogP contribution < -0.4 is 0 Å². The summed E-state index contributed by atoms with van der Waals surface area (Å²) >= 11 is 0. The monoisotopic (exact) mass is 320 g/mol. The molecule has 0 saturated carbocycles. The highest BCUT2D eigenvalue weighted by atomic mass is 16.5. The molecule has 0 unspecified atom stereocenters. The molecule has 128 valence electrons. The van der Waals surface area contributed by atoms with Gasteiger partial charge in [0.2, 0.25) is 0 Å². The maximum atomic E-state index is 11.6. The van der Waals surface area contributed by atoms with Gasteiger partial charge in [0.25, 0.3) is 0 Å². The van der Waals surface area contributed by atoms with Crippen LogP contribution in [0.3, 0.4) is 0 Å². The molecule has 1 N–H and O–H groups in total. The van der Waals surface area contributed by atoms with Gasteiger partial charge in [-0.2, -0.15) is 0 Å². The van der Waals surface area contributed by atoms with Crippen molar-refractivity contribution in [3.05, 3.63) is 29.6 Å². The molecule has 1 aromatic heterocycles. The SMILES string of the molecule is COC(=O)c1cccc(CN2CC[C@](C)(O)[C@H](CC(C)C)C2)n1. The van der Waals surface area contributed by atoms with Gasteiger partial charge in [-0.3, -0.25) is 4.90 Å². The summed E-state index contributed by atoms with van der Waals surface area (Å²) < 4.78 is 4.72. The molecule has 1 aromatic rings. The number of carbonyl (C=O) groups excluding carboxylic acids is 1. The number of nitrogens with zero attached hydrogens (tertiary/aromatic N) is 2. The number of hydrogen-bond acceptors (Lipinski definition) is 5. The van der Waals surface area contributed by atoms with E-state index in [-0.39, 0.29) is 5.92 Å². The van der Waals surface area contributed by atoms with Crippen LogP contribution in [0.2, 0.25) is 0 Å². The Morgan fingerprint density at radius 1 is 1.52 bits per heavy atom. The Bertz CT molecular complexity index is 543. The molecule has 5 heteroatoms. The molecule has 1 aliphatic rings. The Kier molecular flexibility index (Phi) is 5.76. The number of likely N-dealkylation sites (tertiary alicyclic amines) is 1. The zero-order valence-corrected chi connectivity index (χ0v) is 14.6. The van der Waals surface area contributed by atoms with E-state index in [2.05, 4.69) is 23.7 Å². The van der Waals surface area contributed by atoms with Gasteiger partial charge >= 0.3 is 5.97 Å². The number of aliphatic hydroxyl groups is 1. The molecule has 0 radical (unpaired) electrons. The molecule has 0 aliphatic carbocycles. The van der Waals surface area contributed by atoms with Crippen LogP contribution in [0.25, 0.3) is 0 Å². The Hall–Kier alpha value is -1.46. The summed E-state index contributed by atoms with van der Waals surface area (Å²) in [6.45, 7) is 8.72. The normalized spacial score (nSPS) is 25.6. The Morgan fingerprint density at radius 2 is 2.26 bits per heavy atom. The van der Waals surface area contributed by atoms with Crippen molar-refractivity contribution < 1.29 is 14.6 Å². The number of esters is 1. The van der Waals surface area contributed by atoms with Gasteiger partial charge in [-0.25, -0.2) is 9.78 Å². The third-order valence-corrected chi connectivity index (χ3v) is 4.64. The molecule has 5 nitrogen and oxygen atoms in total. The first kappa shape index (κ1) is 17.9. The lowest BCUT2D eigenvalue weighted by molar-refractivity contribution is -0.0666. The Balaban J connectivity index is 2.04. The van der Waals surface area contributed by atoms with E-state index < -0.39 is 11.6 Å². The van der Waals surface area contributed by atoms with Crippen LogP contribution in [-0.4, -0.2) is 46.8 Å². The van der Waals surface area contributed by atoms with Crippen molar-refractivity contribution in [1.82, 2.24) is 9.88 Å². The van der Waals surface area contributed by atoms with Crippen molar-refractivity contribution in [1.29, 1.82) is 0 Å². The highest BCUT2D eigenvalue weighted by Crippen LogP contribution is 2.32. The topological polar surface area (TPSA) is 62.7 Å². The summed E-state index contributed by atoms with van der Waals surface area (Å²) in [5.74, 6) is 0.415. The average molecular weight is 320 g/mol. The second kappa shape index (κ2) is 7.41. The summed E-state index contributed by atoms with van der Waals surface area (Å²) in [4.78, 5) is 18.3. The van der Waals surface area contributed by atoms with E-state index in [9.17, 15) is 9.90 Å². The Morgan fingerprint density at radius 3 is 2.91 bits per heavy atom. The van der Waals surface area contributed by atoms with E-state index in [1.54, 1.807) is 6.07 Å². The molecule has 1 saturated heterocycles. The number of piperidine rings is 1. The van der Waals surface area contributed by atoms with E-state index in [1.807, 2.05) is 19.1 Å². The van der Waals surface area contributed by atoms with Gasteiger partial charge in [0.15, 0.2) is 0 Å². The lowest BCUT2D eigenvalue weighted by Gasteiger charge is -2.43. The van der Waals surface area contributed by atoms with Crippen molar-refractivity contribution >= 4 is 5.97 Å². The van der Waals surface area contributed by atoms with Crippen molar-refractivity contribution in [2.24, 2.45) is 11.8 Å². The minimum absolute atomic E-state index is 0.264. The van der Waals surface area contributed by atoms with Gasteiger partial charge in [0, 0.05) is 25.6 Å². The fraction of sp³-hybridized carbons (Fsp3) is 0.667. The quantitative estimate of drug-likeness (QED) is 0.845. The standard InChI is InChI=1S/C18H28N2O3/c1-13(2)10-14-11-20(9-8-18(14,3)22)12-15-6-5-7-16(19-15)17(21)23-4/h5-7,13-14,22H,8-12H2,1-4H3/t14-,18+/m1/s1. The van der Waals surface area contributed by atoms with Crippen LogP contribution in [0.5, 0.6) is 0 Å². The van der Waals surface area contributed by atoms with Crippen molar-refractivity contribution in [3.8, 4) is 0 Å². The molecule has 1 aliphatic heterocycles. The van der Waals surface area contributed by atoms with Gasteiger partial charge in [0.05, 0.1) is 18.4 Å². The zero-order valence-electron chi connectivity index (χ0n) is 14.6. The van der Waals surface area contributed by atoms with Crippen molar-refractivity contribution in [3.63, 3.8) is 0 Å². The van der Waals surface area contributed by atoms with Gasteiger partial charge < -0.3 is 9.84 Å². The first-order valence-electron chi connectivity index (χ1n) is 8.31. The largest absolute Gasteiger partial charge is 0.464 e. The third-order valence-electron chi connectivity index (χ3n) is 4.64. The first-order chi connectivity index (χ1) is 10.8. The van der Waals surface area contributed by atoms with Crippen LogP contribution in [-0.2, 0) is 11.3 Å². The highest BCUT2D eigenvalue weighted by molar-refractivity contribution is 5.87. The molecule has 0 aromatic carbocycles. The molecule has 23 heavy (non-hydrogen) atoms. The molecular weight excluding hydrogens is 292 g/mol. The van der Waals surface area contributed by atoms with Gasteiger partial charge in [0.1, 0.15) is 5.69 Å². The summed E-state index contributed by atoms with van der Waals surface area (Å²) in [5, 5.41) is 10.6. The van der Waals surface area contributed by atoms with E-state index in [0.29, 0.717) is 18.2 Å². The lowest BCUT2D eigenvalue weighted by Crippen LogP contribution is -2.50. The van der Waals surface area contributed by atoms with Gasteiger partial charge in [-0.05, 0) is 37.8 Å². The fourth-order valence-corrected chi connectivity index (χ4v) is 3.24. The number of methoxy groups -OCH3 is 1. The predicted molar refractivity (Wildman–Crippen MR) is 89.0 cm³/mol. The average Bonchev–Trinajstić information content (AvgIpc) is 2.50. The van der Waals surface area contributed by atoms with Crippen LogP contribution in [0, 0.1) is 11.8 Å². The van der Waals surface area contributed by atoms with Crippen molar-refractivity contribution in [2.75, 3.05) is 20.2 Å².